The number of hydrogen-bond donors (Lipinski definition) is 2. The molecule has 2 N–H and O–H groups in total. The summed E-state index contributed by atoms with van der Waals surface area (Å²) in [5, 5.41) is 11.8. The number of carboxylic acid groups (broad SMARTS) is 1. The topological polar surface area (TPSA) is 69.6 Å². The molecule has 1 amide bonds. The SMILES string of the molecule is CCN(CC)CCCNC(=O)C1CCC(C(=O)O)C1. The zero-order valence-corrected chi connectivity index (χ0v) is 12.0. The van der Waals surface area contributed by atoms with E-state index in [2.05, 4.69) is 24.1 Å². The first kappa shape index (κ1) is 16.0. The molecule has 0 aliphatic heterocycles. The van der Waals surface area contributed by atoms with E-state index in [1.54, 1.807) is 0 Å². The maximum absolute atomic E-state index is 11.9. The number of nitrogens with one attached hydrogen (secondary N) is 1. The smallest absolute Gasteiger partial charge is 0.306 e. The predicted octanol–water partition coefficient (Wildman–Crippen LogP) is 1.34. The van der Waals surface area contributed by atoms with Gasteiger partial charge in [0.25, 0.3) is 0 Å². The predicted molar refractivity (Wildman–Crippen MR) is 73.9 cm³/mol. The van der Waals surface area contributed by atoms with Crippen LogP contribution in [0.4, 0.5) is 0 Å². The van der Waals surface area contributed by atoms with Gasteiger partial charge >= 0.3 is 5.97 Å². The van der Waals surface area contributed by atoms with Crippen LogP contribution in [0.2, 0.25) is 0 Å². The van der Waals surface area contributed by atoms with Gasteiger partial charge in [0.1, 0.15) is 0 Å². The number of amides is 1. The number of rotatable bonds is 8. The van der Waals surface area contributed by atoms with Crippen molar-refractivity contribution in [2.24, 2.45) is 11.8 Å². The lowest BCUT2D eigenvalue weighted by Crippen LogP contribution is -2.33. The Kier molecular flexibility index (Phi) is 6.84. The average molecular weight is 270 g/mol. The molecular weight excluding hydrogens is 244 g/mol. The van der Waals surface area contributed by atoms with Gasteiger partial charge in [-0.3, -0.25) is 9.59 Å². The molecule has 5 nitrogen and oxygen atoms in total. The summed E-state index contributed by atoms with van der Waals surface area (Å²) >= 11 is 0. The summed E-state index contributed by atoms with van der Waals surface area (Å²) in [6, 6.07) is 0. The lowest BCUT2D eigenvalue weighted by Gasteiger charge is -2.18. The van der Waals surface area contributed by atoms with E-state index in [-0.39, 0.29) is 17.7 Å². The van der Waals surface area contributed by atoms with Crippen molar-refractivity contribution in [3.63, 3.8) is 0 Å². The van der Waals surface area contributed by atoms with Crippen LogP contribution in [-0.4, -0.2) is 48.1 Å². The number of carboxylic acids is 1. The van der Waals surface area contributed by atoms with Gasteiger partial charge in [0.15, 0.2) is 0 Å². The molecule has 0 spiro atoms. The molecule has 0 aromatic heterocycles. The van der Waals surface area contributed by atoms with Gasteiger partial charge < -0.3 is 15.3 Å². The van der Waals surface area contributed by atoms with Gasteiger partial charge in [-0.1, -0.05) is 13.8 Å². The van der Waals surface area contributed by atoms with E-state index in [1.165, 1.54) is 0 Å². The highest BCUT2D eigenvalue weighted by atomic mass is 16.4. The van der Waals surface area contributed by atoms with Gasteiger partial charge in [0.2, 0.25) is 5.91 Å². The number of carbonyl (C=O) groups is 2. The van der Waals surface area contributed by atoms with Gasteiger partial charge in [-0.15, -0.1) is 0 Å². The number of hydrogen-bond acceptors (Lipinski definition) is 3. The summed E-state index contributed by atoms with van der Waals surface area (Å²) in [5.74, 6) is -1.17. The van der Waals surface area contributed by atoms with Crippen molar-refractivity contribution < 1.29 is 14.7 Å². The average Bonchev–Trinajstić information content (AvgIpc) is 2.88. The van der Waals surface area contributed by atoms with E-state index in [9.17, 15) is 9.59 Å². The molecule has 5 heteroatoms. The monoisotopic (exact) mass is 270 g/mol. The molecule has 1 rings (SSSR count). The molecule has 1 fully saturated rings. The Bertz CT molecular complexity index is 303. The van der Waals surface area contributed by atoms with E-state index < -0.39 is 5.97 Å². The number of aliphatic carboxylic acids is 1. The Morgan fingerprint density at radius 3 is 2.37 bits per heavy atom. The minimum absolute atomic E-state index is 0.0308. The molecule has 0 radical (unpaired) electrons. The molecule has 0 aromatic rings. The zero-order chi connectivity index (χ0) is 14.3. The first-order chi connectivity index (χ1) is 9.08. The van der Waals surface area contributed by atoms with Crippen molar-refractivity contribution in [2.75, 3.05) is 26.2 Å². The van der Waals surface area contributed by atoms with E-state index in [4.69, 9.17) is 5.11 Å². The van der Waals surface area contributed by atoms with Crippen LogP contribution in [0.15, 0.2) is 0 Å². The first-order valence-electron chi connectivity index (χ1n) is 7.31. The van der Waals surface area contributed by atoms with Crippen molar-refractivity contribution in [3.05, 3.63) is 0 Å². The van der Waals surface area contributed by atoms with Crippen LogP contribution in [0.1, 0.15) is 39.5 Å². The Morgan fingerprint density at radius 2 is 1.84 bits per heavy atom. The van der Waals surface area contributed by atoms with Crippen molar-refractivity contribution in [1.82, 2.24) is 10.2 Å². The molecular formula is C14H26N2O3. The highest BCUT2D eigenvalue weighted by Crippen LogP contribution is 2.30. The maximum atomic E-state index is 11.9. The second-order valence-electron chi connectivity index (χ2n) is 5.22. The van der Waals surface area contributed by atoms with Crippen LogP contribution in [0.5, 0.6) is 0 Å². The maximum Gasteiger partial charge on any atom is 0.306 e. The minimum atomic E-state index is -0.767. The number of carbonyl (C=O) groups excluding carboxylic acids is 1. The third-order valence-electron chi connectivity index (χ3n) is 4.00. The molecule has 0 aromatic carbocycles. The third-order valence-corrected chi connectivity index (χ3v) is 4.00. The van der Waals surface area contributed by atoms with E-state index in [0.717, 1.165) is 26.1 Å². The molecule has 0 heterocycles. The zero-order valence-electron chi connectivity index (χ0n) is 12.0. The van der Waals surface area contributed by atoms with E-state index in [1.807, 2.05) is 0 Å². The van der Waals surface area contributed by atoms with Crippen LogP contribution < -0.4 is 5.32 Å². The second kappa shape index (κ2) is 8.15. The van der Waals surface area contributed by atoms with Crippen LogP contribution in [0.3, 0.4) is 0 Å². The fraction of sp³-hybridized carbons (Fsp3) is 0.857. The molecule has 19 heavy (non-hydrogen) atoms. The quantitative estimate of drug-likeness (QED) is 0.653. The molecule has 1 aliphatic rings. The largest absolute Gasteiger partial charge is 0.481 e. The molecule has 2 unspecified atom stereocenters. The van der Waals surface area contributed by atoms with Crippen molar-refractivity contribution in [1.29, 1.82) is 0 Å². The fourth-order valence-corrected chi connectivity index (χ4v) is 2.64. The molecule has 0 bridgehead atoms. The highest BCUT2D eigenvalue weighted by molar-refractivity contribution is 5.80. The fourth-order valence-electron chi connectivity index (χ4n) is 2.64. The minimum Gasteiger partial charge on any atom is -0.481 e. The highest BCUT2D eigenvalue weighted by Gasteiger charge is 2.33. The first-order valence-corrected chi connectivity index (χ1v) is 7.31. The molecule has 110 valence electrons. The summed E-state index contributed by atoms with van der Waals surface area (Å²) in [6.45, 7) is 8.01. The molecule has 1 saturated carbocycles. The summed E-state index contributed by atoms with van der Waals surface area (Å²) in [6.07, 6.45) is 2.78. The van der Waals surface area contributed by atoms with Crippen molar-refractivity contribution >= 4 is 11.9 Å². The van der Waals surface area contributed by atoms with Crippen molar-refractivity contribution in [2.45, 2.75) is 39.5 Å². The number of nitrogens with zero attached hydrogens (tertiary/aromatic N) is 1. The van der Waals surface area contributed by atoms with Crippen LogP contribution in [0.25, 0.3) is 0 Å². The van der Waals surface area contributed by atoms with Gasteiger partial charge in [0, 0.05) is 12.5 Å². The molecule has 2 atom stereocenters. The third kappa shape index (κ3) is 5.19. The summed E-state index contributed by atoms with van der Waals surface area (Å²) < 4.78 is 0. The van der Waals surface area contributed by atoms with Crippen LogP contribution in [-0.2, 0) is 9.59 Å². The standard InChI is InChI=1S/C14H26N2O3/c1-3-16(4-2)9-5-8-15-13(17)11-6-7-12(10-11)14(18)19/h11-12H,3-10H2,1-2H3,(H,15,17)(H,18,19). The van der Waals surface area contributed by atoms with Crippen molar-refractivity contribution in [3.8, 4) is 0 Å². The van der Waals surface area contributed by atoms with E-state index in [0.29, 0.717) is 25.8 Å². The van der Waals surface area contributed by atoms with Gasteiger partial charge in [-0.05, 0) is 45.3 Å². The van der Waals surface area contributed by atoms with Crippen LogP contribution >= 0.6 is 0 Å². The summed E-state index contributed by atoms with van der Waals surface area (Å²) in [4.78, 5) is 25.0. The normalized spacial score (nSPS) is 22.7. The molecule has 0 saturated heterocycles. The Morgan fingerprint density at radius 1 is 1.21 bits per heavy atom. The van der Waals surface area contributed by atoms with Gasteiger partial charge in [0.05, 0.1) is 5.92 Å². The molecule has 1 aliphatic carbocycles. The van der Waals surface area contributed by atoms with Crippen LogP contribution in [0, 0.1) is 11.8 Å². The lowest BCUT2D eigenvalue weighted by atomic mass is 10.0. The Hall–Kier alpha value is -1.10. The summed E-state index contributed by atoms with van der Waals surface area (Å²) in [5.41, 5.74) is 0. The summed E-state index contributed by atoms with van der Waals surface area (Å²) in [7, 11) is 0. The Labute approximate surface area is 115 Å². The van der Waals surface area contributed by atoms with E-state index >= 15 is 0 Å². The second-order valence-corrected chi connectivity index (χ2v) is 5.22. The van der Waals surface area contributed by atoms with Gasteiger partial charge in [-0.25, -0.2) is 0 Å². The Balaban J connectivity index is 2.17. The lowest BCUT2D eigenvalue weighted by molar-refractivity contribution is -0.141. The van der Waals surface area contributed by atoms with Gasteiger partial charge in [-0.2, -0.15) is 0 Å².